The summed E-state index contributed by atoms with van der Waals surface area (Å²) >= 11 is 1.67. The Morgan fingerprint density at radius 3 is 2.61 bits per heavy atom. The van der Waals surface area contributed by atoms with Gasteiger partial charge in [0.15, 0.2) is 0 Å². The number of carbonyl (C=O) groups is 2. The molecule has 1 aliphatic carbocycles. The molecule has 1 aliphatic rings. The second kappa shape index (κ2) is 8.06. The third-order valence-corrected chi connectivity index (χ3v) is 5.22. The molecule has 3 aromatic rings. The van der Waals surface area contributed by atoms with Gasteiger partial charge in [0.25, 0.3) is 0 Å². The zero-order valence-electron chi connectivity index (χ0n) is 15.6. The summed E-state index contributed by atoms with van der Waals surface area (Å²) in [5.74, 6) is 1.69. The Kier molecular flexibility index (Phi) is 5.34. The van der Waals surface area contributed by atoms with Crippen molar-refractivity contribution in [2.75, 3.05) is 16.9 Å². The number of amides is 2. The minimum atomic E-state index is -0.129. The third-order valence-electron chi connectivity index (χ3n) is 4.67. The second-order valence-corrected chi connectivity index (χ2v) is 7.79. The molecule has 1 heterocycles. The van der Waals surface area contributed by atoms with Crippen LogP contribution >= 0.6 is 11.8 Å². The van der Waals surface area contributed by atoms with Crippen LogP contribution in [0, 0.1) is 5.92 Å². The molecule has 1 fully saturated rings. The quantitative estimate of drug-likeness (QED) is 0.637. The number of hydrogen-bond acceptors (Lipinski definition) is 4. The van der Waals surface area contributed by atoms with Crippen LogP contribution in [0.4, 0.5) is 11.4 Å². The standard InChI is InChI=1S/C21H22N4O2S/c1-28-13-19-24-17-7-2-3-8-18(17)25(19)12-20(26)22-15-5-4-6-16(11-15)23-21(27)14-9-10-14/h2-8,11,14H,9-10,12-13H2,1H3,(H,22,26)(H,23,27). The van der Waals surface area contributed by atoms with Crippen LogP contribution in [-0.4, -0.2) is 27.6 Å². The van der Waals surface area contributed by atoms with Gasteiger partial charge in [0.1, 0.15) is 12.4 Å². The molecule has 2 aromatic carbocycles. The van der Waals surface area contributed by atoms with E-state index in [2.05, 4.69) is 15.6 Å². The van der Waals surface area contributed by atoms with Gasteiger partial charge in [-0.2, -0.15) is 11.8 Å². The van der Waals surface area contributed by atoms with Crippen LogP contribution in [0.3, 0.4) is 0 Å². The number of imidazole rings is 1. The van der Waals surface area contributed by atoms with Crippen molar-refractivity contribution in [2.24, 2.45) is 5.92 Å². The fraction of sp³-hybridized carbons (Fsp3) is 0.286. The highest BCUT2D eigenvalue weighted by Crippen LogP contribution is 2.30. The first kappa shape index (κ1) is 18.6. The fourth-order valence-corrected chi connectivity index (χ4v) is 3.63. The van der Waals surface area contributed by atoms with Crippen molar-refractivity contribution in [3.8, 4) is 0 Å². The molecule has 0 bridgehead atoms. The summed E-state index contributed by atoms with van der Waals surface area (Å²) in [5.41, 5.74) is 3.21. The summed E-state index contributed by atoms with van der Waals surface area (Å²) in [7, 11) is 0. The summed E-state index contributed by atoms with van der Waals surface area (Å²) in [6.45, 7) is 0.190. The number of aromatic nitrogens is 2. The largest absolute Gasteiger partial charge is 0.326 e. The highest BCUT2D eigenvalue weighted by molar-refractivity contribution is 7.97. The minimum Gasteiger partial charge on any atom is -0.326 e. The minimum absolute atomic E-state index is 0.0510. The summed E-state index contributed by atoms with van der Waals surface area (Å²) in [6.07, 6.45) is 3.93. The van der Waals surface area contributed by atoms with Crippen molar-refractivity contribution < 1.29 is 9.59 Å². The molecule has 6 nitrogen and oxygen atoms in total. The van der Waals surface area contributed by atoms with Crippen molar-refractivity contribution in [3.63, 3.8) is 0 Å². The molecule has 2 N–H and O–H groups in total. The molecule has 7 heteroatoms. The number of benzene rings is 2. The first-order chi connectivity index (χ1) is 13.6. The van der Waals surface area contributed by atoms with E-state index in [-0.39, 0.29) is 24.3 Å². The fourth-order valence-electron chi connectivity index (χ4n) is 3.15. The highest BCUT2D eigenvalue weighted by Gasteiger charge is 2.29. The van der Waals surface area contributed by atoms with Gasteiger partial charge in [0.05, 0.1) is 16.8 Å². The van der Waals surface area contributed by atoms with E-state index < -0.39 is 0 Å². The molecule has 28 heavy (non-hydrogen) atoms. The molecular formula is C21H22N4O2S. The zero-order valence-corrected chi connectivity index (χ0v) is 16.5. The molecule has 4 rings (SSSR count). The number of fused-ring (bicyclic) bond motifs is 1. The average Bonchev–Trinajstić information content (AvgIpc) is 3.47. The number of nitrogens with one attached hydrogen (secondary N) is 2. The predicted molar refractivity (Wildman–Crippen MR) is 113 cm³/mol. The second-order valence-electron chi connectivity index (χ2n) is 6.93. The number of anilines is 2. The molecule has 1 saturated carbocycles. The summed E-state index contributed by atoms with van der Waals surface area (Å²) in [4.78, 5) is 29.3. The Hall–Kier alpha value is -2.80. The normalized spacial score (nSPS) is 13.5. The maximum atomic E-state index is 12.7. The number of rotatable bonds is 7. The van der Waals surface area contributed by atoms with E-state index in [4.69, 9.17) is 0 Å². The lowest BCUT2D eigenvalue weighted by atomic mass is 10.2. The van der Waals surface area contributed by atoms with Gasteiger partial charge in [-0.15, -0.1) is 0 Å². The van der Waals surface area contributed by atoms with Crippen LogP contribution in [0.2, 0.25) is 0 Å². The molecule has 0 radical (unpaired) electrons. The molecule has 0 atom stereocenters. The highest BCUT2D eigenvalue weighted by atomic mass is 32.2. The average molecular weight is 395 g/mol. The van der Waals surface area contributed by atoms with E-state index in [0.717, 1.165) is 35.5 Å². The van der Waals surface area contributed by atoms with Gasteiger partial charge in [0.2, 0.25) is 11.8 Å². The van der Waals surface area contributed by atoms with Crippen LogP contribution in [0.1, 0.15) is 18.7 Å². The van der Waals surface area contributed by atoms with Crippen molar-refractivity contribution in [2.45, 2.75) is 25.1 Å². The molecule has 144 valence electrons. The van der Waals surface area contributed by atoms with Crippen molar-refractivity contribution in [1.82, 2.24) is 9.55 Å². The SMILES string of the molecule is CSCc1nc2ccccc2n1CC(=O)Nc1cccc(NC(=O)C2CC2)c1. The van der Waals surface area contributed by atoms with Crippen LogP contribution in [-0.2, 0) is 21.9 Å². The van der Waals surface area contributed by atoms with Gasteiger partial charge in [0, 0.05) is 17.3 Å². The summed E-state index contributed by atoms with van der Waals surface area (Å²) in [6, 6.07) is 15.1. The molecular weight excluding hydrogens is 372 g/mol. The van der Waals surface area contributed by atoms with Crippen LogP contribution in [0.5, 0.6) is 0 Å². The molecule has 0 aliphatic heterocycles. The lowest BCUT2D eigenvalue weighted by molar-refractivity contribution is -0.117. The zero-order chi connectivity index (χ0) is 19.5. The van der Waals surface area contributed by atoms with E-state index >= 15 is 0 Å². The number of nitrogens with zero attached hydrogens (tertiary/aromatic N) is 2. The van der Waals surface area contributed by atoms with Crippen LogP contribution < -0.4 is 10.6 Å². The smallest absolute Gasteiger partial charge is 0.244 e. The van der Waals surface area contributed by atoms with Crippen molar-refractivity contribution >= 4 is 46.0 Å². The Morgan fingerprint density at radius 1 is 1.11 bits per heavy atom. The Labute approximate surface area is 167 Å². The molecule has 1 aromatic heterocycles. The third kappa shape index (κ3) is 4.20. The van der Waals surface area contributed by atoms with E-state index in [0.29, 0.717) is 11.4 Å². The lowest BCUT2D eigenvalue weighted by Crippen LogP contribution is -2.20. The molecule has 0 unspecified atom stereocenters. The summed E-state index contributed by atoms with van der Waals surface area (Å²) < 4.78 is 1.96. The van der Waals surface area contributed by atoms with Crippen LogP contribution in [0.25, 0.3) is 11.0 Å². The number of thioether (sulfide) groups is 1. The van der Waals surface area contributed by atoms with Crippen molar-refractivity contribution in [3.05, 3.63) is 54.4 Å². The Balaban J connectivity index is 1.48. The first-order valence-electron chi connectivity index (χ1n) is 9.28. The van der Waals surface area contributed by atoms with Gasteiger partial charge >= 0.3 is 0 Å². The number of para-hydroxylation sites is 2. The Morgan fingerprint density at radius 2 is 1.86 bits per heavy atom. The number of carbonyl (C=O) groups excluding carboxylic acids is 2. The van der Waals surface area contributed by atoms with Crippen molar-refractivity contribution in [1.29, 1.82) is 0 Å². The monoisotopic (exact) mass is 394 g/mol. The van der Waals surface area contributed by atoms with E-state index in [1.165, 1.54) is 0 Å². The molecule has 0 spiro atoms. The number of hydrogen-bond donors (Lipinski definition) is 2. The van der Waals surface area contributed by atoms with E-state index in [1.807, 2.05) is 53.3 Å². The predicted octanol–water partition coefficient (Wildman–Crippen LogP) is 3.89. The lowest BCUT2D eigenvalue weighted by Gasteiger charge is -2.11. The topological polar surface area (TPSA) is 76.0 Å². The maximum absolute atomic E-state index is 12.7. The first-order valence-corrected chi connectivity index (χ1v) is 10.7. The van der Waals surface area contributed by atoms with Gasteiger partial charge < -0.3 is 15.2 Å². The van der Waals surface area contributed by atoms with Gasteiger partial charge in [-0.25, -0.2) is 4.98 Å². The van der Waals surface area contributed by atoms with Gasteiger partial charge in [-0.3, -0.25) is 9.59 Å². The van der Waals surface area contributed by atoms with Crippen LogP contribution in [0.15, 0.2) is 48.5 Å². The Bertz CT molecular complexity index is 1030. The van der Waals surface area contributed by atoms with Gasteiger partial charge in [-0.05, 0) is 49.4 Å². The van der Waals surface area contributed by atoms with E-state index in [1.54, 1.807) is 17.8 Å². The maximum Gasteiger partial charge on any atom is 0.244 e. The van der Waals surface area contributed by atoms with E-state index in [9.17, 15) is 9.59 Å². The summed E-state index contributed by atoms with van der Waals surface area (Å²) in [5, 5.41) is 5.83. The molecule has 0 saturated heterocycles. The molecule has 2 amide bonds. The van der Waals surface area contributed by atoms with Gasteiger partial charge in [-0.1, -0.05) is 18.2 Å².